The van der Waals surface area contributed by atoms with Crippen molar-refractivity contribution in [1.29, 1.82) is 0 Å². The zero-order valence-electron chi connectivity index (χ0n) is 43.9. The lowest BCUT2D eigenvalue weighted by atomic mass is 9.99. The van der Waals surface area contributed by atoms with E-state index in [0.717, 1.165) is 86.7 Å². The van der Waals surface area contributed by atoms with E-state index in [4.69, 9.17) is 23.1 Å². The highest BCUT2D eigenvalue weighted by molar-refractivity contribution is 7.84. The molecule has 2 atom stereocenters. The molecule has 0 aliphatic carbocycles. The Kier molecular flexibility index (Phi) is 18.6. The maximum absolute atomic E-state index is 14.0. The van der Waals surface area contributed by atoms with Crippen LogP contribution in [0.5, 0.6) is 23.0 Å². The SMILES string of the molecule is CCN1CCN(c2cccc3c2C(=O)N([C@H](CCCO)c2ccc(OC)c(OC)c2)C3=O)CC1.CCN1CCN(c2cccc3c2C(=O)N([C@H](CCCOS(=O)(=O)N(C)C)c2ccc(OC)c(OC)c2)C3=O)CC1. The van der Waals surface area contributed by atoms with Gasteiger partial charge < -0.3 is 43.7 Å². The van der Waals surface area contributed by atoms with E-state index in [2.05, 4.69) is 33.4 Å². The number of piperazine rings is 2. The van der Waals surface area contributed by atoms with Crippen molar-refractivity contribution in [2.45, 2.75) is 51.6 Å². The van der Waals surface area contributed by atoms with Crippen LogP contribution in [0.2, 0.25) is 0 Å². The minimum atomic E-state index is -3.85. The summed E-state index contributed by atoms with van der Waals surface area (Å²) in [4.78, 5) is 66.9. The minimum Gasteiger partial charge on any atom is -0.493 e. The van der Waals surface area contributed by atoms with Gasteiger partial charge in [0.1, 0.15) is 0 Å². The third-order valence-corrected chi connectivity index (χ3v) is 15.7. The number of benzene rings is 4. The van der Waals surface area contributed by atoms with Crippen LogP contribution in [0.3, 0.4) is 0 Å². The smallest absolute Gasteiger partial charge is 0.337 e. The van der Waals surface area contributed by atoms with E-state index in [0.29, 0.717) is 63.7 Å². The first-order valence-electron chi connectivity index (χ1n) is 25.2. The molecule has 0 bridgehead atoms. The van der Waals surface area contributed by atoms with Crippen molar-refractivity contribution in [2.75, 3.05) is 131 Å². The molecule has 20 heteroatoms. The van der Waals surface area contributed by atoms with Crippen LogP contribution in [-0.2, 0) is 14.5 Å². The molecule has 4 aromatic rings. The van der Waals surface area contributed by atoms with Crippen molar-refractivity contribution in [2.24, 2.45) is 0 Å². The molecule has 8 rings (SSSR count). The van der Waals surface area contributed by atoms with E-state index < -0.39 is 22.4 Å². The van der Waals surface area contributed by atoms with Gasteiger partial charge in [0.15, 0.2) is 23.0 Å². The Hall–Kier alpha value is -6.29. The first-order valence-corrected chi connectivity index (χ1v) is 26.6. The van der Waals surface area contributed by atoms with Gasteiger partial charge in [0, 0.05) is 73.1 Å². The lowest BCUT2D eigenvalue weighted by Gasteiger charge is -2.36. The maximum atomic E-state index is 14.0. The zero-order valence-corrected chi connectivity index (χ0v) is 44.7. The first-order chi connectivity index (χ1) is 35.7. The standard InChI is InChI=1S/C28H38N4O7S.C26H33N3O5/c1-6-30-14-16-31(17-15-30)23-10-7-9-21-26(23)28(34)32(27(21)33)22(11-8-18-39-40(35,36)29(2)3)20-12-13-24(37-4)25(19-20)38-5;1-4-27-12-14-28(15-13-27)21-8-5-7-19-24(21)26(32)29(25(19)31)20(9-6-16-30)18-10-11-22(33-2)23(17-18)34-3/h7,9-10,12-13,19,22H,6,8,11,14-18H2,1-5H3;5,7-8,10-11,17,20,30H,4,6,9,12-16H2,1-3H3/t22-;20-/m11/s1. The number of nitrogens with zero attached hydrogens (tertiary/aromatic N) is 7. The van der Waals surface area contributed by atoms with E-state index >= 15 is 0 Å². The van der Waals surface area contributed by atoms with Crippen LogP contribution >= 0.6 is 0 Å². The van der Waals surface area contributed by atoms with Crippen LogP contribution in [0, 0.1) is 0 Å². The number of imide groups is 2. The number of amides is 4. The van der Waals surface area contributed by atoms with Crippen LogP contribution in [0.4, 0.5) is 11.4 Å². The van der Waals surface area contributed by atoms with Crippen molar-refractivity contribution in [3.05, 3.63) is 106 Å². The number of rotatable bonds is 21. The fourth-order valence-corrected chi connectivity index (χ4v) is 10.7. The van der Waals surface area contributed by atoms with Gasteiger partial charge in [-0.3, -0.25) is 33.2 Å². The minimum absolute atomic E-state index is 0.0279. The van der Waals surface area contributed by atoms with E-state index in [9.17, 15) is 32.7 Å². The molecule has 4 aliphatic heterocycles. The van der Waals surface area contributed by atoms with Crippen molar-refractivity contribution < 1.29 is 55.8 Å². The molecule has 4 heterocycles. The molecule has 0 spiro atoms. The average Bonchev–Trinajstić information content (AvgIpc) is 3.84. The number of likely N-dealkylation sites (N-methyl/N-ethyl adjacent to an activating group) is 2. The van der Waals surface area contributed by atoms with Gasteiger partial charge in [0.05, 0.1) is 80.8 Å². The van der Waals surface area contributed by atoms with Gasteiger partial charge in [-0.25, -0.2) is 0 Å². The monoisotopic (exact) mass is 1040 g/mol. The first kappa shape index (κ1) is 55.5. The number of carbonyl (C=O) groups is 4. The Labute approximate surface area is 435 Å². The van der Waals surface area contributed by atoms with Crippen LogP contribution in [0.15, 0.2) is 72.8 Å². The lowest BCUT2D eigenvalue weighted by molar-refractivity contribution is 0.0552. The molecule has 19 nitrogen and oxygen atoms in total. The molecule has 4 aliphatic rings. The Bertz CT molecular complexity index is 2760. The summed E-state index contributed by atoms with van der Waals surface area (Å²) in [6.45, 7) is 12.9. The molecule has 2 fully saturated rings. The van der Waals surface area contributed by atoms with Crippen molar-refractivity contribution in [3.8, 4) is 23.0 Å². The number of hydrogen-bond acceptors (Lipinski definition) is 16. The van der Waals surface area contributed by atoms with Gasteiger partial charge in [-0.2, -0.15) is 12.7 Å². The number of methoxy groups -OCH3 is 4. The van der Waals surface area contributed by atoms with Gasteiger partial charge in [0.25, 0.3) is 23.6 Å². The molecule has 2 saturated heterocycles. The Balaban J connectivity index is 0.000000219. The maximum Gasteiger partial charge on any atom is 0.337 e. The van der Waals surface area contributed by atoms with Gasteiger partial charge in [0.2, 0.25) is 0 Å². The van der Waals surface area contributed by atoms with Crippen LogP contribution in [0.25, 0.3) is 0 Å². The molecule has 4 amide bonds. The summed E-state index contributed by atoms with van der Waals surface area (Å²) in [5, 5.41) is 9.51. The summed E-state index contributed by atoms with van der Waals surface area (Å²) in [6, 6.07) is 20.4. The van der Waals surface area contributed by atoms with Crippen LogP contribution in [-0.4, -0.2) is 182 Å². The van der Waals surface area contributed by atoms with E-state index in [1.807, 2.05) is 30.3 Å². The summed E-state index contributed by atoms with van der Waals surface area (Å²) in [7, 11) is 5.09. The summed E-state index contributed by atoms with van der Waals surface area (Å²) in [6.07, 6.45) is 1.47. The molecule has 1 N–H and O–H groups in total. The molecule has 74 heavy (non-hydrogen) atoms. The van der Waals surface area contributed by atoms with Gasteiger partial charge >= 0.3 is 10.3 Å². The molecular formula is C54H71N7O12S. The van der Waals surface area contributed by atoms with Crippen LogP contribution < -0.4 is 28.7 Å². The molecule has 400 valence electrons. The summed E-state index contributed by atoms with van der Waals surface area (Å²) in [5.74, 6) is 0.746. The van der Waals surface area contributed by atoms with Gasteiger partial charge in [-0.1, -0.05) is 38.1 Å². The second-order valence-corrected chi connectivity index (χ2v) is 20.4. The summed E-state index contributed by atoms with van der Waals surface area (Å²) in [5.41, 5.74) is 4.72. The Morgan fingerprint density at radius 2 is 0.959 bits per heavy atom. The number of ether oxygens (including phenoxy) is 4. The average molecular weight is 1040 g/mol. The summed E-state index contributed by atoms with van der Waals surface area (Å²) < 4.78 is 51.9. The topological polar surface area (TPSA) is 191 Å². The normalized spacial score (nSPS) is 17.1. The van der Waals surface area contributed by atoms with E-state index in [1.54, 1.807) is 56.7 Å². The lowest BCUT2D eigenvalue weighted by Crippen LogP contribution is -2.46. The number of aliphatic hydroxyl groups is 1. The van der Waals surface area contributed by atoms with Gasteiger partial charge in [-0.05, 0) is 98.4 Å². The second-order valence-electron chi connectivity index (χ2n) is 18.5. The van der Waals surface area contributed by atoms with Gasteiger partial charge in [-0.15, -0.1) is 0 Å². The highest BCUT2D eigenvalue weighted by atomic mass is 32.2. The quantitative estimate of drug-likeness (QED) is 0.0784. The summed E-state index contributed by atoms with van der Waals surface area (Å²) >= 11 is 0. The van der Waals surface area contributed by atoms with Crippen LogP contribution in [0.1, 0.15) is 104 Å². The second kappa shape index (κ2) is 24.8. The molecular weight excluding hydrogens is 971 g/mol. The number of fused-ring (bicyclic) bond motifs is 2. The molecule has 0 unspecified atom stereocenters. The zero-order chi connectivity index (χ0) is 53.3. The largest absolute Gasteiger partial charge is 0.493 e. The highest BCUT2D eigenvalue weighted by Crippen LogP contribution is 2.43. The van der Waals surface area contributed by atoms with E-state index in [1.165, 1.54) is 38.1 Å². The number of carbonyl (C=O) groups excluding carboxylic acids is 4. The third kappa shape index (κ3) is 11.6. The predicted molar refractivity (Wildman–Crippen MR) is 281 cm³/mol. The molecule has 0 saturated carbocycles. The van der Waals surface area contributed by atoms with Crippen molar-refractivity contribution in [3.63, 3.8) is 0 Å². The fourth-order valence-electron chi connectivity index (χ4n) is 10.1. The molecule has 0 aromatic heterocycles. The molecule has 4 aromatic carbocycles. The number of hydrogen-bond donors (Lipinski definition) is 1. The number of anilines is 2. The van der Waals surface area contributed by atoms with E-state index in [-0.39, 0.29) is 49.7 Å². The Morgan fingerprint density at radius 3 is 1.32 bits per heavy atom. The third-order valence-electron chi connectivity index (χ3n) is 14.3. The fraction of sp³-hybridized carbons (Fsp3) is 0.481. The van der Waals surface area contributed by atoms with Crippen molar-refractivity contribution in [1.82, 2.24) is 23.9 Å². The number of aliphatic hydroxyl groups excluding tert-OH is 1. The molecule has 0 radical (unpaired) electrons. The Morgan fingerprint density at radius 1 is 0.554 bits per heavy atom. The van der Waals surface area contributed by atoms with Crippen molar-refractivity contribution >= 4 is 45.3 Å². The predicted octanol–water partition coefficient (Wildman–Crippen LogP) is 5.74. The highest BCUT2D eigenvalue weighted by Gasteiger charge is 2.45.